The highest BCUT2D eigenvalue weighted by atomic mass is 19.2. The normalized spacial score (nSPS) is 29.9. The number of hydrogen-bond acceptors (Lipinski definition) is 4. The van der Waals surface area contributed by atoms with E-state index in [1.54, 1.807) is 84.9 Å². The van der Waals surface area contributed by atoms with Gasteiger partial charge in [0.1, 0.15) is 5.41 Å². The van der Waals surface area contributed by atoms with Gasteiger partial charge in [-0.2, -0.15) is 0 Å². The van der Waals surface area contributed by atoms with Crippen molar-refractivity contribution in [2.24, 2.45) is 0 Å². The number of alkyl halides is 2. The molecule has 4 aromatic rings. The van der Waals surface area contributed by atoms with Gasteiger partial charge in [-0.25, -0.2) is 18.4 Å². The Balaban J connectivity index is 1.42. The SMILES string of the molecule is O=C(OC1C(OC(=O)c2ccccc2)C2(F)c3ccccc3C23c2ccccc2C13F)c1ccccc1. The molecule has 3 aliphatic carbocycles. The molecule has 4 aromatic carbocycles. The highest BCUT2D eigenvalue weighted by Crippen LogP contribution is 2.82. The standard InChI is InChI=1S/C31H20F2O4/c32-30-23-17-9-7-15-21(23)29(30)22-16-8-10-18-24(22)31(29,33)26(37-28(35)20-13-5-2-6-14-20)25(30)36-27(34)19-11-3-1-4-12-19/h1-18,25-26H. The third-order valence-corrected chi connectivity index (χ3v) is 8.08. The van der Waals surface area contributed by atoms with Crippen molar-refractivity contribution in [1.29, 1.82) is 0 Å². The molecule has 0 heterocycles. The van der Waals surface area contributed by atoms with Crippen molar-refractivity contribution < 1.29 is 27.8 Å². The molecular weight excluding hydrogens is 474 g/mol. The first-order valence-electron chi connectivity index (χ1n) is 12.1. The van der Waals surface area contributed by atoms with Crippen molar-refractivity contribution in [3.05, 3.63) is 143 Å². The zero-order chi connectivity index (χ0) is 25.4. The van der Waals surface area contributed by atoms with E-state index >= 15 is 8.78 Å². The molecule has 6 heteroatoms. The molecular formula is C31H20F2O4. The molecule has 0 radical (unpaired) electrons. The lowest BCUT2D eigenvalue weighted by Gasteiger charge is -2.62. The monoisotopic (exact) mass is 494 g/mol. The predicted molar refractivity (Wildman–Crippen MR) is 131 cm³/mol. The summed E-state index contributed by atoms with van der Waals surface area (Å²) in [6.45, 7) is 0. The summed E-state index contributed by atoms with van der Waals surface area (Å²) in [6.07, 6.45) is -3.44. The number of hydrogen-bond donors (Lipinski definition) is 0. The first kappa shape index (κ1) is 21.9. The largest absolute Gasteiger partial charge is 0.451 e. The number of esters is 2. The van der Waals surface area contributed by atoms with Gasteiger partial charge >= 0.3 is 11.9 Å². The number of rotatable bonds is 4. The van der Waals surface area contributed by atoms with Crippen LogP contribution < -0.4 is 0 Å². The van der Waals surface area contributed by atoms with Gasteiger partial charge in [-0.1, -0.05) is 84.9 Å². The van der Waals surface area contributed by atoms with E-state index in [2.05, 4.69) is 0 Å². The molecule has 0 amide bonds. The maximum absolute atomic E-state index is 17.6. The molecule has 0 aliphatic heterocycles. The lowest BCUT2D eigenvalue weighted by Crippen LogP contribution is -2.69. The molecule has 182 valence electrons. The van der Waals surface area contributed by atoms with E-state index in [-0.39, 0.29) is 22.3 Å². The molecule has 4 unspecified atom stereocenters. The van der Waals surface area contributed by atoms with Crippen molar-refractivity contribution in [1.82, 2.24) is 0 Å². The number of fused-ring (bicyclic) bond motifs is 4. The van der Waals surface area contributed by atoms with E-state index in [4.69, 9.17) is 9.47 Å². The molecule has 1 fully saturated rings. The van der Waals surface area contributed by atoms with Gasteiger partial charge in [0.2, 0.25) is 0 Å². The molecule has 0 aromatic heterocycles. The fourth-order valence-electron chi connectivity index (χ4n) is 6.68. The molecule has 0 N–H and O–H groups in total. The first-order chi connectivity index (χ1) is 18.0. The van der Waals surface area contributed by atoms with Crippen LogP contribution in [0.25, 0.3) is 0 Å². The summed E-state index contributed by atoms with van der Waals surface area (Å²) in [5.74, 6) is -1.64. The van der Waals surface area contributed by atoms with E-state index in [1.807, 2.05) is 0 Å². The Hall–Kier alpha value is -4.32. The van der Waals surface area contributed by atoms with Crippen molar-refractivity contribution >= 4 is 11.9 Å². The molecule has 3 aliphatic rings. The second kappa shape index (κ2) is 7.35. The van der Waals surface area contributed by atoms with Gasteiger partial charge in [-0.05, 0) is 46.5 Å². The summed E-state index contributed by atoms with van der Waals surface area (Å²) < 4.78 is 46.8. The predicted octanol–water partition coefficient (Wildman–Crippen LogP) is 5.79. The van der Waals surface area contributed by atoms with Crippen LogP contribution >= 0.6 is 0 Å². The van der Waals surface area contributed by atoms with E-state index in [0.29, 0.717) is 11.1 Å². The van der Waals surface area contributed by atoms with Crippen molar-refractivity contribution in [3.8, 4) is 0 Å². The van der Waals surface area contributed by atoms with Gasteiger partial charge in [-0.3, -0.25) is 0 Å². The van der Waals surface area contributed by atoms with E-state index < -0.39 is 40.9 Å². The van der Waals surface area contributed by atoms with E-state index in [1.165, 1.54) is 24.3 Å². The van der Waals surface area contributed by atoms with Crippen LogP contribution in [0.3, 0.4) is 0 Å². The topological polar surface area (TPSA) is 52.6 Å². The Morgan fingerprint density at radius 1 is 0.514 bits per heavy atom. The Kier molecular flexibility index (Phi) is 4.36. The fourth-order valence-corrected chi connectivity index (χ4v) is 6.68. The van der Waals surface area contributed by atoms with Crippen molar-refractivity contribution in [3.63, 3.8) is 0 Å². The highest BCUT2D eigenvalue weighted by molar-refractivity contribution is 5.91. The minimum atomic E-state index is -2.45. The average Bonchev–Trinajstić information content (AvgIpc) is 3.05. The first-order valence-corrected chi connectivity index (χ1v) is 12.1. The van der Waals surface area contributed by atoms with Crippen LogP contribution in [-0.2, 0) is 26.2 Å². The van der Waals surface area contributed by atoms with Crippen molar-refractivity contribution in [2.45, 2.75) is 29.0 Å². The molecule has 4 nitrogen and oxygen atoms in total. The Labute approximate surface area is 211 Å². The molecule has 4 atom stereocenters. The molecule has 1 saturated carbocycles. The summed E-state index contributed by atoms with van der Waals surface area (Å²) in [4.78, 5) is 26.4. The minimum absolute atomic E-state index is 0.186. The summed E-state index contributed by atoms with van der Waals surface area (Å²) in [5, 5.41) is 0. The Bertz CT molecular complexity index is 1450. The fraction of sp³-hybridized carbons (Fsp3) is 0.161. The van der Waals surface area contributed by atoms with Crippen LogP contribution in [0.15, 0.2) is 109 Å². The van der Waals surface area contributed by atoms with Crippen LogP contribution in [0, 0.1) is 0 Å². The number of carbonyl (C=O) groups excluding carboxylic acids is 2. The van der Waals surface area contributed by atoms with Gasteiger partial charge < -0.3 is 9.47 Å². The van der Waals surface area contributed by atoms with Crippen LogP contribution in [0.1, 0.15) is 43.0 Å². The third kappa shape index (κ3) is 2.41. The van der Waals surface area contributed by atoms with Crippen LogP contribution in [-0.4, -0.2) is 24.1 Å². The second-order valence-electron chi connectivity index (χ2n) is 9.65. The molecule has 7 rings (SSSR count). The van der Waals surface area contributed by atoms with E-state index in [0.717, 1.165) is 0 Å². The quantitative estimate of drug-likeness (QED) is 0.337. The second-order valence-corrected chi connectivity index (χ2v) is 9.65. The summed E-state index contributed by atoms with van der Waals surface area (Å²) in [5.41, 5.74) is -4.88. The minimum Gasteiger partial charge on any atom is -0.451 e. The number of ether oxygens (including phenoxy) is 2. The molecule has 1 spiro atoms. The number of benzene rings is 4. The average molecular weight is 494 g/mol. The maximum Gasteiger partial charge on any atom is 0.338 e. The van der Waals surface area contributed by atoms with Crippen LogP contribution in [0.4, 0.5) is 8.78 Å². The maximum atomic E-state index is 17.6. The number of carbonyl (C=O) groups is 2. The zero-order valence-electron chi connectivity index (χ0n) is 19.4. The lowest BCUT2D eigenvalue weighted by molar-refractivity contribution is -0.0892. The van der Waals surface area contributed by atoms with Gasteiger partial charge in [0.25, 0.3) is 0 Å². The lowest BCUT2D eigenvalue weighted by atomic mass is 9.41. The third-order valence-electron chi connectivity index (χ3n) is 8.08. The smallest absolute Gasteiger partial charge is 0.338 e. The summed E-state index contributed by atoms with van der Waals surface area (Å²) in [6, 6.07) is 29.5. The van der Waals surface area contributed by atoms with Gasteiger partial charge in [0.05, 0.1) is 11.1 Å². The van der Waals surface area contributed by atoms with Crippen LogP contribution in [0.5, 0.6) is 0 Å². The van der Waals surface area contributed by atoms with E-state index in [9.17, 15) is 9.59 Å². The molecule has 0 bridgehead atoms. The summed E-state index contributed by atoms with van der Waals surface area (Å²) in [7, 11) is 0. The Morgan fingerprint density at radius 3 is 1.22 bits per heavy atom. The van der Waals surface area contributed by atoms with Crippen LogP contribution in [0.2, 0.25) is 0 Å². The zero-order valence-corrected chi connectivity index (χ0v) is 19.4. The van der Waals surface area contributed by atoms with Gasteiger partial charge in [-0.15, -0.1) is 0 Å². The summed E-state index contributed by atoms with van der Waals surface area (Å²) >= 11 is 0. The number of halogens is 2. The Morgan fingerprint density at radius 2 is 0.838 bits per heavy atom. The van der Waals surface area contributed by atoms with Gasteiger partial charge in [0, 0.05) is 0 Å². The van der Waals surface area contributed by atoms with Crippen molar-refractivity contribution in [2.75, 3.05) is 0 Å². The molecule has 0 saturated heterocycles. The highest BCUT2D eigenvalue weighted by Gasteiger charge is 2.93. The van der Waals surface area contributed by atoms with Gasteiger partial charge in [0.15, 0.2) is 23.5 Å². The molecule has 37 heavy (non-hydrogen) atoms.